The second kappa shape index (κ2) is 8.56. The zero-order valence-corrected chi connectivity index (χ0v) is 16.5. The molecule has 0 saturated heterocycles. The van der Waals surface area contributed by atoms with Crippen molar-refractivity contribution in [2.45, 2.75) is 18.0 Å². The zero-order chi connectivity index (χ0) is 20.1. The van der Waals surface area contributed by atoms with Gasteiger partial charge in [-0.05, 0) is 29.3 Å². The lowest BCUT2D eigenvalue weighted by molar-refractivity contribution is 0.0997. The first-order valence-electron chi connectivity index (χ1n) is 8.47. The molecule has 1 amide bonds. The number of sulfonamides is 1. The average Bonchev–Trinajstić information content (AvgIpc) is 2.68. The Kier molecular flexibility index (Phi) is 6.14. The molecule has 0 heterocycles. The third kappa shape index (κ3) is 4.59. The molecule has 3 aromatic carbocycles. The number of amides is 1. The van der Waals surface area contributed by atoms with Crippen LogP contribution in [-0.2, 0) is 23.1 Å². The van der Waals surface area contributed by atoms with Crippen molar-refractivity contribution in [2.24, 2.45) is 5.73 Å². The first-order chi connectivity index (χ1) is 13.4. The number of rotatable bonds is 7. The Labute approximate surface area is 169 Å². The van der Waals surface area contributed by atoms with Gasteiger partial charge in [-0.25, -0.2) is 8.42 Å². The summed E-state index contributed by atoms with van der Waals surface area (Å²) in [7, 11) is -4.01. The minimum absolute atomic E-state index is 0.0417. The van der Waals surface area contributed by atoms with E-state index in [4.69, 9.17) is 17.3 Å². The number of carbonyl (C=O) groups is 1. The van der Waals surface area contributed by atoms with Crippen molar-refractivity contribution < 1.29 is 13.2 Å². The summed E-state index contributed by atoms with van der Waals surface area (Å²) in [5.74, 6) is -0.795. The van der Waals surface area contributed by atoms with Gasteiger partial charge in [0, 0.05) is 24.2 Å². The minimum Gasteiger partial charge on any atom is -0.366 e. The Balaban J connectivity index is 2.05. The average molecular weight is 414 g/mol. The molecular formula is C21H18ClN2O3S. The summed E-state index contributed by atoms with van der Waals surface area (Å²) in [4.78, 5) is 11.7. The van der Waals surface area contributed by atoms with Crippen molar-refractivity contribution in [3.05, 3.63) is 101 Å². The van der Waals surface area contributed by atoms with Crippen molar-refractivity contribution in [2.75, 3.05) is 0 Å². The molecule has 0 aliphatic carbocycles. The lowest BCUT2D eigenvalue weighted by Crippen LogP contribution is -2.32. The van der Waals surface area contributed by atoms with Gasteiger partial charge in [0.25, 0.3) is 0 Å². The molecule has 0 aromatic heterocycles. The van der Waals surface area contributed by atoms with Gasteiger partial charge >= 0.3 is 0 Å². The molecule has 28 heavy (non-hydrogen) atoms. The van der Waals surface area contributed by atoms with Crippen LogP contribution in [-0.4, -0.2) is 18.6 Å². The molecular weight excluding hydrogens is 396 g/mol. The number of nitrogens with zero attached hydrogens (tertiary/aromatic N) is 1. The fourth-order valence-electron chi connectivity index (χ4n) is 2.83. The molecule has 3 rings (SSSR count). The summed E-state index contributed by atoms with van der Waals surface area (Å²) < 4.78 is 28.2. The van der Waals surface area contributed by atoms with Gasteiger partial charge in [0.1, 0.15) is 0 Å². The highest BCUT2D eigenvalue weighted by molar-refractivity contribution is 7.89. The number of hydrogen-bond donors (Lipinski definition) is 1. The Morgan fingerprint density at radius 2 is 1.61 bits per heavy atom. The monoisotopic (exact) mass is 413 g/mol. The van der Waals surface area contributed by atoms with Gasteiger partial charge in [-0.1, -0.05) is 66.2 Å². The van der Waals surface area contributed by atoms with Gasteiger partial charge in [-0.3, -0.25) is 4.79 Å². The molecule has 0 saturated carbocycles. The SMILES string of the molecule is NC(=O)c1ccccc1S(=O)(=O)N(Cc1ccccc1)Cc1cc[c]c(Cl)c1. The van der Waals surface area contributed by atoms with Gasteiger partial charge in [0.15, 0.2) is 0 Å². The molecule has 2 N–H and O–H groups in total. The molecule has 143 valence electrons. The zero-order valence-electron chi connectivity index (χ0n) is 14.9. The lowest BCUT2D eigenvalue weighted by atomic mass is 10.2. The smallest absolute Gasteiger partial charge is 0.250 e. The van der Waals surface area contributed by atoms with Crippen molar-refractivity contribution in [3.8, 4) is 0 Å². The standard InChI is InChI=1S/C21H18ClN2O3S/c22-18-10-6-9-17(13-18)15-24(14-16-7-2-1-3-8-16)28(26,27)20-12-5-4-11-19(20)21(23)25/h1-9,11-13H,14-15H2,(H2,23,25). The summed E-state index contributed by atoms with van der Waals surface area (Å²) >= 11 is 6.00. The molecule has 0 spiro atoms. The molecule has 0 atom stereocenters. The van der Waals surface area contributed by atoms with E-state index in [1.54, 1.807) is 30.3 Å². The fourth-order valence-corrected chi connectivity index (χ4v) is 4.65. The largest absolute Gasteiger partial charge is 0.366 e. The van der Waals surface area contributed by atoms with Crippen LogP contribution in [0.15, 0.2) is 77.7 Å². The first-order valence-corrected chi connectivity index (χ1v) is 10.3. The van der Waals surface area contributed by atoms with Crippen LogP contribution in [0.1, 0.15) is 21.5 Å². The molecule has 3 aromatic rings. The summed E-state index contributed by atoms with van der Waals surface area (Å²) in [6.45, 7) is 0.214. The first kappa shape index (κ1) is 20.1. The third-order valence-electron chi connectivity index (χ3n) is 4.16. The van der Waals surface area contributed by atoms with Gasteiger partial charge < -0.3 is 5.73 Å². The second-order valence-electron chi connectivity index (χ2n) is 6.16. The van der Waals surface area contributed by atoms with E-state index < -0.39 is 15.9 Å². The maximum absolute atomic E-state index is 13.4. The number of benzene rings is 3. The number of hydrogen-bond acceptors (Lipinski definition) is 3. The number of halogens is 1. The van der Waals surface area contributed by atoms with E-state index in [1.807, 2.05) is 30.3 Å². The molecule has 7 heteroatoms. The summed E-state index contributed by atoms with van der Waals surface area (Å²) in [5, 5.41) is 0.395. The fraction of sp³-hybridized carbons (Fsp3) is 0.0952. The van der Waals surface area contributed by atoms with Gasteiger partial charge in [0.2, 0.25) is 15.9 Å². The van der Waals surface area contributed by atoms with Crippen molar-refractivity contribution >= 4 is 27.5 Å². The summed E-state index contributed by atoms with van der Waals surface area (Å²) in [6.07, 6.45) is 0. The lowest BCUT2D eigenvalue weighted by Gasteiger charge is -2.23. The van der Waals surface area contributed by atoms with Crippen LogP contribution in [0.2, 0.25) is 5.02 Å². The number of carbonyl (C=O) groups excluding carboxylic acids is 1. The van der Waals surface area contributed by atoms with Crippen LogP contribution in [0.25, 0.3) is 0 Å². The Hall–Kier alpha value is -2.67. The van der Waals surface area contributed by atoms with E-state index in [0.717, 1.165) is 5.56 Å². The maximum atomic E-state index is 13.4. The van der Waals surface area contributed by atoms with E-state index in [2.05, 4.69) is 6.07 Å². The Morgan fingerprint density at radius 3 is 2.29 bits per heavy atom. The maximum Gasteiger partial charge on any atom is 0.250 e. The Morgan fingerprint density at radius 1 is 0.964 bits per heavy atom. The van der Waals surface area contributed by atoms with Crippen LogP contribution in [0.5, 0.6) is 0 Å². The van der Waals surface area contributed by atoms with Gasteiger partial charge in [-0.15, -0.1) is 0 Å². The minimum atomic E-state index is -4.01. The van der Waals surface area contributed by atoms with Crippen LogP contribution in [0, 0.1) is 6.07 Å². The highest BCUT2D eigenvalue weighted by atomic mass is 35.5. The normalized spacial score (nSPS) is 11.5. The highest BCUT2D eigenvalue weighted by Gasteiger charge is 2.28. The molecule has 1 radical (unpaired) electrons. The predicted octanol–water partition coefficient (Wildman–Crippen LogP) is 3.63. The molecule has 0 unspecified atom stereocenters. The molecule has 5 nitrogen and oxygen atoms in total. The van der Waals surface area contributed by atoms with Crippen molar-refractivity contribution in [1.82, 2.24) is 4.31 Å². The quantitative estimate of drug-likeness (QED) is 0.642. The summed E-state index contributed by atoms with van der Waals surface area (Å²) in [5.41, 5.74) is 6.88. The van der Waals surface area contributed by atoms with Crippen molar-refractivity contribution in [1.29, 1.82) is 0 Å². The van der Waals surface area contributed by atoms with Crippen LogP contribution >= 0.6 is 11.6 Å². The van der Waals surface area contributed by atoms with Gasteiger partial charge in [0.05, 0.1) is 10.5 Å². The number of nitrogens with two attached hydrogens (primary N) is 1. The highest BCUT2D eigenvalue weighted by Crippen LogP contribution is 2.24. The molecule has 0 aliphatic rings. The van der Waals surface area contributed by atoms with Crippen molar-refractivity contribution in [3.63, 3.8) is 0 Å². The summed E-state index contributed by atoms with van der Waals surface area (Å²) in [6, 6.07) is 23.0. The van der Waals surface area contributed by atoms with E-state index in [1.165, 1.54) is 16.4 Å². The predicted molar refractivity (Wildman–Crippen MR) is 108 cm³/mol. The molecule has 0 bridgehead atoms. The van der Waals surface area contributed by atoms with E-state index in [9.17, 15) is 13.2 Å². The topological polar surface area (TPSA) is 80.5 Å². The van der Waals surface area contributed by atoms with E-state index >= 15 is 0 Å². The third-order valence-corrected chi connectivity index (χ3v) is 6.23. The van der Waals surface area contributed by atoms with Gasteiger partial charge in [-0.2, -0.15) is 4.31 Å². The molecule has 0 aliphatic heterocycles. The Bertz CT molecular complexity index is 1090. The second-order valence-corrected chi connectivity index (χ2v) is 8.48. The number of primary amides is 1. The van der Waals surface area contributed by atoms with E-state index in [-0.39, 0.29) is 23.5 Å². The van der Waals surface area contributed by atoms with E-state index in [0.29, 0.717) is 10.6 Å². The van der Waals surface area contributed by atoms with Crippen LogP contribution < -0.4 is 5.73 Å². The molecule has 0 fully saturated rings. The van der Waals surface area contributed by atoms with Crippen LogP contribution in [0.4, 0.5) is 0 Å². The van der Waals surface area contributed by atoms with Crippen LogP contribution in [0.3, 0.4) is 0 Å².